The highest BCUT2D eigenvalue weighted by Crippen LogP contribution is 2.37. The van der Waals surface area contributed by atoms with E-state index in [0.717, 1.165) is 84.8 Å². The predicted molar refractivity (Wildman–Crippen MR) is 183 cm³/mol. The smallest absolute Gasteiger partial charge is 0.308 e. The molecule has 244 valence electrons. The van der Waals surface area contributed by atoms with E-state index in [0.29, 0.717) is 25.3 Å². The Morgan fingerprint density at radius 1 is 0.891 bits per heavy atom. The summed E-state index contributed by atoms with van der Waals surface area (Å²) in [6.07, 6.45) is 7.64. The Morgan fingerprint density at radius 2 is 1.61 bits per heavy atom. The average molecular weight is 626 g/mol. The molecule has 8 nitrogen and oxygen atoms in total. The molecule has 1 heterocycles. The van der Waals surface area contributed by atoms with Gasteiger partial charge < -0.3 is 24.6 Å². The first-order valence-corrected chi connectivity index (χ1v) is 16.4. The Bertz CT molecular complexity index is 1590. The van der Waals surface area contributed by atoms with Crippen molar-refractivity contribution in [1.82, 2.24) is 14.8 Å². The third-order valence-corrected chi connectivity index (χ3v) is 8.23. The molecule has 4 rings (SSSR count). The maximum absolute atomic E-state index is 13.4. The minimum atomic E-state index is -0.410. The van der Waals surface area contributed by atoms with Crippen LogP contribution in [0.1, 0.15) is 76.3 Å². The van der Waals surface area contributed by atoms with E-state index in [4.69, 9.17) is 4.74 Å². The van der Waals surface area contributed by atoms with Crippen molar-refractivity contribution in [2.45, 2.75) is 78.2 Å². The van der Waals surface area contributed by atoms with Crippen molar-refractivity contribution >= 4 is 28.7 Å². The zero-order valence-electron chi connectivity index (χ0n) is 27.4. The molecule has 2 N–H and O–H groups in total. The van der Waals surface area contributed by atoms with E-state index in [1.54, 1.807) is 18.2 Å². The molecule has 3 aromatic carbocycles. The van der Waals surface area contributed by atoms with Crippen LogP contribution >= 0.6 is 0 Å². The number of amides is 2. The zero-order valence-corrected chi connectivity index (χ0v) is 27.4. The number of fused-ring (bicyclic) bond motifs is 1. The molecule has 8 heteroatoms. The molecule has 0 spiro atoms. The van der Waals surface area contributed by atoms with Crippen LogP contribution < -0.4 is 10.1 Å². The molecule has 0 radical (unpaired) electrons. The van der Waals surface area contributed by atoms with E-state index >= 15 is 0 Å². The lowest BCUT2D eigenvalue weighted by molar-refractivity contribution is -0.132. The van der Waals surface area contributed by atoms with Gasteiger partial charge in [0.25, 0.3) is 0 Å². The number of phenols is 1. The molecule has 0 bridgehead atoms. The predicted octanol–water partition coefficient (Wildman–Crippen LogP) is 7.25. The fourth-order valence-electron chi connectivity index (χ4n) is 5.78. The van der Waals surface area contributed by atoms with Crippen LogP contribution in [0.3, 0.4) is 0 Å². The molecule has 0 aliphatic carbocycles. The second-order valence-corrected chi connectivity index (χ2v) is 11.9. The molecule has 0 fully saturated rings. The summed E-state index contributed by atoms with van der Waals surface area (Å²) >= 11 is 0. The van der Waals surface area contributed by atoms with Gasteiger partial charge in [-0.05, 0) is 78.4 Å². The second kappa shape index (κ2) is 17.2. The molecule has 0 saturated carbocycles. The van der Waals surface area contributed by atoms with E-state index in [1.165, 1.54) is 6.92 Å². The van der Waals surface area contributed by atoms with Crippen LogP contribution in [0.4, 0.5) is 0 Å². The number of hydrogen-bond donors (Lipinski definition) is 2. The first-order chi connectivity index (χ1) is 22.3. The summed E-state index contributed by atoms with van der Waals surface area (Å²) < 4.78 is 7.61. The van der Waals surface area contributed by atoms with Crippen LogP contribution in [0.25, 0.3) is 22.2 Å². The van der Waals surface area contributed by atoms with Crippen LogP contribution in [0.5, 0.6) is 11.5 Å². The van der Waals surface area contributed by atoms with Crippen molar-refractivity contribution in [2.75, 3.05) is 20.1 Å². The van der Waals surface area contributed by atoms with Gasteiger partial charge >= 0.3 is 5.97 Å². The Balaban J connectivity index is 1.46. The molecule has 0 aliphatic rings. The van der Waals surface area contributed by atoms with Gasteiger partial charge in [0.15, 0.2) is 0 Å². The molecule has 0 atom stereocenters. The monoisotopic (exact) mass is 625 g/mol. The average Bonchev–Trinajstić information content (AvgIpc) is 3.33. The van der Waals surface area contributed by atoms with Crippen LogP contribution in [0, 0.1) is 0 Å². The zero-order chi connectivity index (χ0) is 32.9. The van der Waals surface area contributed by atoms with Crippen LogP contribution in [-0.2, 0) is 27.3 Å². The highest BCUT2D eigenvalue weighted by molar-refractivity contribution is 5.97. The van der Waals surface area contributed by atoms with Crippen molar-refractivity contribution in [1.29, 1.82) is 0 Å². The Hall–Kier alpha value is -4.59. The molecule has 0 unspecified atom stereocenters. The lowest BCUT2D eigenvalue weighted by atomic mass is 10.0. The number of aromatic hydroxyl groups is 1. The summed E-state index contributed by atoms with van der Waals surface area (Å²) in [5, 5.41) is 13.9. The van der Waals surface area contributed by atoms with Gasteiger partial charge in [0.05, 0.1) is 12.1 Å². The van der Waals surface area contributed by atoms with Crippen molar-refractivity contribution < 1.29 is 24.2 Å². The minimum absolute atomic E-state index is 0.0857. The molecular formula is C38H47N3O5. The van der Waals surface area contributed by atoms with E-state index in [2.05, 4.69) is 28.9 Å². The molecule has 46 heavy (non-hydrogen) atoms. The third kappa shape index (κ3) is 9.70. The topological polar surface area (TPSA) is 101 Å². The quantitative estimate of drug-likeness (QED) is 0.0732. The molecule has 2 amide bonds. The SMILES string of the molecule is CCCCN(C)C(=O)CCCCCCCNC(=O)Cc1c(-c2ccc(O)cc2)n(Cc2ccccc2)c2ccc(OC(C)=O)cc12. The van der Waals surface area contributed by atoms with E-state index < -0.39 is 5.97 Å². The number of nitrogens with one attached hydrogen (secondary N) is 1. The van der Waals surface area contributed by atoms with Gasteiger partial charge in [-0.2, -0.15) is 0 Å². The van der Waals surface area contributed by atoms with E-state index in [-0.39, 0.29) is 24.0 Å². The van der Waals surface area contributed by atoms with E-state index in [9.17, 15) is 19.5 Å². The highest BCUT2D eigenvalue weighted by atomic mass is 16.5. The normalized spacial score (nSPS) is 11.0. The molecule has 1 aromatic heterocycles. The number of ether oxygens (including phenoxy) is 1. The molecule has 0 aliphatic heterocycles. The Labute approximate surface area is 272 Å². The van der Waals surface area contributed by atoms with Gasteiger partial charge in [0, 0.05) is 50.9 Å². The first kappa shape index (κ1) is 34.3. The van der Waals surface area contributed by atoms with Gasteiger partial charge in [-0.3, -0.25) is 14.4 Å². The van der Waals surface area contributed by atoms with Crippen LogP contribution in [0.2, 0.25) is 0 Å². The van der Waals surface area contributed by atoms with Gasteiger partial charge in [-0.15, -0.1) is 0 Å². The lowest BCUT2D eigenvalue weighted by Gasteiger charge is -2.16. The standard InChI is InChI=1S/C38H47N3O5/c1-4-5-24-40(3)37(45)16-12-7-6-8-13-23-39-36(44)26-34-33-25-32(46-28(2)42)21-22-35(33)41(27-29-14-10-9-11-15-29)38(34)30-17-19-31(43)20-18-30/h9-11,14-15,17-22,25,43H,4-8,12-13,16,23-24,26-27H2,1-3H3,(H,39,44). The number of rotatable bonds is 17. The largest absolute Gasteiger partial charge is 0.508 e. The first-order valence-electron chi connectivity index (χ1n) is 16.4. The summed E-state index contributed by atoms with van der Waals surface area (Å²) in [4.78, 5) is 39.2. The number of aromatic nitrogens is 1. The van der Waals surface area contributed by atoms with Gasteiger partial charge in [-0.1, -0.05) is 62.9 Å². The summed E-state index contributed by atoms with van der Waals surface area (Å²) in [5.41, 5.74) is 4.60. The van der Waals surface area contributed by atoms with Crippen molar-refractivity contribution in [3.05, 3.63) is 83.9 Å². The van der Waals surface area contributed by atoms with Gasteiger partial charge in [0.1, 0.15) is 11.5 Å². The third-order valence-electron chi connectivity index (χ3n) is 8.23. The summed E-state index contributed by atoms with van der Waals surface area (Å²) in [6, 6.07) is 22.7. The second-order valence-electron chi connectivity index (χ2n) is 11.9. The number of benzene rings is 3. The number of carbonyl (C=O) groups is 3. The number of unbranched alkanes of at least 4 members (excludes halogenated alkanes) is 5. The fraction of sp³-hybridized carbons (Fsp3) is 0.395. The van der Waals surface area contributed by atoms with Gasteiger partial charge in [-0.25, -0.2) is 0 Å². The maximum Gasteiger partial charge on any atom is 0.308 e. The molecule has 4 aromatic rings. The molecular weight excluding hydrogens is 578 g/mol. The van der Waals surface area contributed by atoms with E-state index in [1.807, 2.05) is 54.4 Å². The van der Waals surface area contributed by atoms with Crippen molar-refractivity contribution in [2.24, 2.45) is 0 Å². The number of nitrogens with zero attached hydrogens (tertiary/aromatic N) is 2. The Morgan fingerprint density at radius 3 is 2.33 bits per heavy atom. The van der Waals surface area contributed by atoms with Crippen LogP contribution in [-0.4, -0.2) is 52.5 Å². The molecule has 0 saturated heterocycles. The minimum Gasteiger partial charge on any atom is -0.508 e. The summed E-state index contributed by atoms with van der Waals surface area (Å²) in [6.45, 7) is 5.47. The van der Waals surface area contributed by atoms with Crippen molar-refractivity contribution in [3.63, 3.8) is 0 Å². The van der Waals surface area contributed by atoms with Crippen molar-refractivity contribution in [3.8, 4) is 22.8 Å². The Kier molecular flexibility index (Phi) is 12.8. The highest BCUT2D eigenvalue weighted by Gasteiger charge is 2.22. The number of esters is 1. The van der Waals surface area contributed by atoms with Crippen LogP contribution in [0.15, 0.2) is 72.8 Å². The number of phenolic OH excluding ortho intramolecular Hbond substituents is 1. The maximum atomic E-state index is 13.4. The lowest BCUT2D eigenvalue weighted by Crippen LogP contribution is -2.27. The van der Waals surface area contributed by atoms with Gasteiger partial charge in [0.2, 0.25) is 11.8 Å². The summed E-state index contributed by atoms with van der Waals surface area (Å²) in [5.74, 6) is 0.309. The number of hydrogen-bond acceptors (Lipinski definition) is 5. The fourth-order valence-corrected chi connectivity index (χ4v) is 5.78. The summed E-state index contributed by atoms with van der Waals surface area (Å²) in [7, 11) is 1.88. The number of carbonyl (C=O) groups excluding carboxylic acids is 3.